The standard InChI is InChI=1S/C14H10F3NO/c15-14(16,17)18-13(19)12-8-4-7-11(9-12)10-5-2-1-3-6-10/h1-9H,(H,18,19). The average Bonchev–Trinajstić information content (AvgIpc) is 2.38. The summed E-state index contributed by atoms with van der Waals surface area (Å²) in [6, 6.07) is 15.2. The Hall–Kier alpha value is -2.30. The van der Waals surface area contributed by atoms with Gasteiger partial charge in [0.1, 0.15) is 0 Å². The molecule has 0 aromatic heterocycles. The Morgan fingerprint density at radius 3 is 2.16 bits per heavy atom. The van der Waals surface area contributed by atoms with Gasteiger partial charge in [-0.3, -0.25) is 10.1 Å². The van der Waals surface area contributed by atoms with E-state index in [1.54, 1.807) is 12.1 Å². The topological polar surface area (TPSA) is 29.1 Å². The number of alkyl halides is 3. The molecule has 0 unspecified atom stereocenters. The molecule has 1 amide bonds. The molecule has 2 nitrogen and oxygen atoms in total. The van der Waals surface area contributed by atoms with Crippen LogP contribution in [0.1, 0.15) is 10.4 Å². The van der Waals surface area contributed by atoms with E-state index in [1.165, 1.54) is 12.1 Å². The second-order valence-electron chi connectivity index (χ2n) is 3.90. The molecule has 0 fully saturated rings. The molecule has 5 heteroatoms. The van der Waals surface area contributed by atoms with E-state index in [1.807, 2.05) is 30.3 Å². The molecule has 0 aliphatic heterocycles. The van der Waals surface area contributed by atoms with Crippen molar-refractivity contribution in [1.29, 1.82) is 0 Å². The van der Waals surface area contributed by atoms with Gasteiger partial charge in [-0.1, -0.05) is 42.5 Å². The number of halogens is 3. The first-order valence-electron chi connectivity index (χ1n) is 5.50. The van der Waals surface area contributed by atoms with E-state index in [4.69, 9.17) is 0 Å². The van der Waals surface area contributed by atoms with E-state index in [0.29, 0.717) is 5.56 Å². The molecule has 0 saturated heterocycles. The Bertz CT molecular complexity index is 579. The van der Waals surface area contributed by atoms with Gasteiger partial charge in [0.2, 0.25) is 0 Å². The van der Waals surface area contributed by atoms with E-state index in [-0.39, 0.29) is 5.56 Å². The summed E-state index contributed by atoms with van der Waals surface area (Å²) in [4.78, 5) is 11.4. The minimum absolute atomic E-state index is 0.0290. The van der Waals surface area contributed by atoms with Gasteiger partial charge in [-0.05, 0) is 23.3 Å². The SMILES string of the molecule is O=C(NC(F)(F)F)c1cccc(-c2ccccc2)c1. The minimum atomic E-state index is -4.72. The van der Waals surface area contributed by atoms with Crippen LogP contribution >= 0.6 is 0 Å². The Balaban J connectivity index is 2.28. The Kier molecular flexibility index (Phi) is 3.55. The number of carbonyl (C=O) groups is 1. The van der Waals surface area contributed by atoms with Crippen molar-refractivity contribution < 1.29 is 18.0 Å². The summed E-state index contributed by atoms with van der Waals surface area (Å²) in [6.07, 6.45) is -4.72. The molecule has 1 N–H and O–H groups in total. The van der Waals surface area contributed by atoms with Gasteiger partial charge in [-0.2, -0.15) is 13.2 Å². The molecule has 0 aliphatic carbocycles. The highest BCUT2D eigenvalue weighted by atomic mass is 19.4. The molecule has 0 saturated carbocycles. The zero-order valence-corrected chi connectivity index (χ0v) is 9.74. The fourth-order valence-corrected chi connectivity index (χ4v) is 1.67. The van der Waals surface area contributed by atoms with Crippen LogP contribution in [0.15, 0.2) is 54.6 Å². The number of amides is 1. The van der Waals surface area contributed by atoms with Crippen LogP contribution in [0.4, 0.5) is 13.2 Å². The monoisotopic (exact) mass is 265 g/mol. The first-order chi connectivity index (χ1) is 8.96. The molecule has 0 radical (unpaired) electrons. The van der Waals surface area contributed by atoms with Crippen LogP contribution in [0, 0.1) is 0 Å². The quantitative estimate of drug-likeness (QED) is 0.826. The van der Waals surface area contributed by atoms with Crippen LogP contribution in [0.25, 0.3) is 11.1 Å². The number of nitrogens with one attached hydrogen (secondary N) is 1. The molecule has 0 spiro atoms. The van der Waals surface area contributed by atoms with Crippen molar-refractivity contribution in [2.45, 2.75) is 6.30 Å². The van der Waals surface area contributed by atoms with E-state index in [9.17, 15) is 18.0 Å². The van der Waals surface area contributed by atoms with Gasteiger partial charge in [-0.15, -0.1) is 0 Å². The fraction of sp³-hybridized carbons (Fsp3) is 0.0714. The molecule has 0 aliphatic rings. The van der Waals surface area contributed by atoms with Crippen molar-refractivity contribution in [3.05, 3.63) is 60.2 Å². The maximum atomic E-state index is 12.1. The Morgan fingerprint density at radius 1 is 0.895 bits per heavy atom. The third-order valence-corrected chi connectivity index (χ3v) is 2.49. The molecule has 19 heavy (non-hydrogen) atoms. The highest BCUT2D eigenvalue weighted by molar-refractivity contribution is 5.95. The zero-order chi connectivity index (χ0) is 13.9. The Labute approximate surface area is 107 Å². The van der Waals surface area contributed by atoms with Crippen LogP contribution < -0.4 is 5.32 Å². The van der Waals surface area contributed by atoms with Gasteiger partial charge in [0.15, 0.2) is 0 Å². The zero-order valence-electron chi connectivity index (χ0n) is 9.74. The van der Waals surface area contributed by atoms with Gasteiger partial charge in [0.05, 0.1) is 0 Å². The van der Waals surface area contributed by atoms with Crippen LogP contribution in [0.3, 0.4) is 0 Å². The lowest BCUT2D eigenvalue weighted by molar-refractivity contribution is -0.146. The number of carbonyl (C=O) groups excluding carboxylic acids is 1. The highest BCUT2D eigenvalue weighted by Crippen LogP contribution is 2.20. The van der Waals surface area contributed by atoms with Gasteiger partial charge < -0.3 is 0 Å². The van der Waals surface area contributed by atoms with E-state index < -0.39 is 12.2 Å². The largest absolute Gasteiger partial charge is 0.484 e. The lowest BCUT2D eigenvalue weighted by Gasteiger charge is -2.09. The van der Waals surface area contributed by atoms with Crippen LogP contribution in [-0.2, 0) is 0 Å². The first-order valence-corrected chi connectivity index (χ1v) is 5.50. The lowest BCUT2D eigenvalue weighted by atomic mass is 10.0. The third-order valence-electron chi connectivity index (χ3n) is 2.49. The molecule has 0 atom stereocenters. The number of benzene rings is 2. The number of rotatable bonds is 2. The van der Waals surface area contributed by atoms with Crippen molar-refractivity contribution in [2.24, 2.45) is 0 Å². The van der Waals surface area contributed by atoms with Crippen molar-refractivity contribution in [3.8, 4) is 11.1 Å². The van der Waals surface area contributed by atoms with E-state index in [0.717, 1.165) is 10.9 Å². The third kappa shape index (κ3) is 3.58. The highest BCUT2D eigenvalue weighted by Gasteiger charge is 2.30. The van der Waals surface area contributed by atoms with Gasteiger partial charge >= 0.3 is 6.30 Å². The van der Waals surface area contributed by atoms with Crippen molar-refractivity contribution in [1.82, 2.24) is 5.32 Å². The number of hydrogen-bond donors (Lipinski definition) is 1. The smallest absolute Gasteiger partial charge is 0.269 e. The van der Waals surface area contributed by atoms with E-state index in [2.05, 4.69) is 0 Å². The summed E-state index contributed by atoms with van der Waals surface area (Å²) in [5.41, 5.74) is 1.50. The Morgan fingerprint density at radius 2 is 1.53 bits per heavy atom. The molecule has 0 bridgehead atoms. The molecular formula is C14H10F3NO. The van der Waals surface area contributed by atoms with Crippen molar-refractivity contribution >= 4 is 5.91 Å². The van der Waals surface area contributed by atoms with Crippen LogP contribution in [-0.4, -0.2) is 12.2 Å². The maximum absolute atomic E-state index is 12.1. The first kappa shape index (κ1) is 13.1. The molecule has 2 aromatic rings. The van der Waals surface area contributed by atoms with Crippen LogP contribution in [0.2, 0.25) is 0 Å². The van der Waals surface area contributed by atoms with Gasteiger partial charge in [0, 0.05) is 5.56 Å². The van der Waals surface area contributed by atoms with Crippen molar-refractivity contribution in [2.75, 3.05) is 0 Å². The maximum Gasteiger partial charge on any atom is 0.484 e. The molecular weight excluding hydrogens is 255 g/mol. The molecule has 2 rings (SSSR count). The van der Waals surface area contributed by atoms with E-state index >= 15 is 0 Å². The van der Waals surface area contributed by atoms with Gasteiger partial charge in [0.25, 0.3) is 5.91 Å². The summed E-state index contributed by atoms with van der Waals surface area (Å²) in [7, 11) is 0. The lowest BCUT2D eigenvalue weighted by Crippen LogP contribution is -2.37. The molecule has 0 heterocycles. The van der Waals surface area contributed by atoms with Gasteiger partial charge in [-0.25, -0.2) is 0 Å². The molecule has 2 aromatic carbocycles. The summed E-state index contributed by atoms with van der Waals surface area (Å²) < 4.78 is 36.2. The average molecular weight is 265 g/mol. The normalized spacial score (nSPS) is 11.1. The summed E-state index contributed by atoms with van der Waals surface area (Å²) in [6.45, 7) is 0. The summed E-state index contributed by atoms with van der Waals surface area (Å²) in [5.74, 6) is -1.16. The van der Waals surface area contributed by atoms with Crippen molar-refractivity contribution in [3.63, 3.8) is 0 Å². The summed E-state index contributed by atoms with van der Waals surface area (Å²) in [5, 5.41) is 0.975. The van der Waals surface area contributed by atoms with Crippen LogP contribution in [0.5, 0.6) is 0 Å². The summed E-state index contributed by atoms with van der Waals surface area (Å²) >= 11 is 0. The number of hydrogen-bond acceptors (Lipinski definition) is 1. The minimum Gasteiger partial charge on any atom is -0.269 e. The predicted molar refractivity (Wildman–Crippen MR) is 65.4 cm³/mol. The second-order valence-corrected chi connectivity index (χ2v) is 3.90. The second kappa shape index (κ2) is 5.14. The predicted octanol–water partition coefficient (Wildman–Crippen LogP) is 3.60. The fourth-order valence-electron chi connectivity index (χ4n) is 1.67. The molecule has 98 valence electrons.